The van der Waals surface area contributed by atoms with Crippen molar-refractivity contribution >= 4 is 29.1 Å². The van der Waals surface area contributed by atoms with Gasteiger partial charge in [0.25, 0.3) is 0 Å². The summed E-state index contributed by atoms with van der Waals surface area (Å²) in [6.07, 6.45) is 2.92. The lowest BCUT2D eigenvalue weighted by Gasteiger charge is -2.22. The maximum atomic E-state index is 11.1. The third-order valence-corrected chi connectivity index (χ3v) is 4.56. The lowest BCUT2D eigenvalue weighted by molar-refractivity contribution is -0.116. The molecule has 0 aliphatic carbocycles. The minimum Gasteiger partial charge on any atom is -0.300 e. The van der Waals surface area contributed by atoms with E-state index >= 15 is 0 Å². The Hall–Kier alpha value is -0.470. The molecule has 1 aliphatic rings. The summed E-state index contributed by atoms with van der Waals surface area (Å²) in [5.74, 6) is 3.25. The molecule has 1 fully saturated rings. The minimum absolute atomic E-state index is 0.183. The Morgan fingerprint density at radius 1 is 1.41 bits per heavy atom. The molecule has 2 rings (SSSR count). The fourth-order valence-corrected chi connectivity index (χ4v) is 3.77. The molecule has 0 saturated carbocycles. The Balaban J connectivity index is 2.15. The van der Waals surface area contributed by atoms with E-state index < -0.39 is 0 Å². The predicted molar refractivity (Wildman–Crippen MR) is 75.1 cm³/mol. The Kier molecular flexibility index (Phi) is 4.52. The smallest absolute Gasteiger partial charge is 0.134 e. The maximum Gasteiger partial charge on any atom is 0.134 e. The summed E-state index contributed by atoms with van der Waals surface area (Å²) in [4.78, 5) is 11.1. The van der Waals surface area contributed by atoms with Gasteiger partial charge in [-0.05, 0) is 54.4 Å². The number of carbonyl (C=O) groups is 1. The summed E-state index contributed by atoms with van der Waals surface area (Å²) in [6, 6.07) is 6.12. The molecule has 1 aliphatic heterocycles. The number of hydrogen-bond acceptors (Lipinski definition) is 2. The van der Waals surface area contributed by atoms with Crippen LogP contribution in [-0.2, 0) is 11.2 Å². The quantitative estimate of drug-likeness (QED) is 0.822. The van der Waals surface area contributed by atoms with Gasteiger partial charge >= 0.3 is 0 Å². The van der Waals surface area contributed by atoms with Crippen LogP contribution in [0.2, 0.25) is 5.02 Å². The van der Waals surface area contributed by atoms with E-state index in [4.69, 9.17) is 11.6 Å². The average molecular weight is 269 g/mol. The first-order valence-corrected chi connectivity index (χ1v) is 7.55. The fraction of sp³-hybridized carbons (Fsp3) is 0.500. The number of halogens is 1. The number of Topliss-reactive ketones (excluding diaryl/α,β-unsaturated/α-hetero) is 1. The van der Waals surface area contributed by atoms with Crippen molar-refractivity contribution in [3.8, 4) is 0 Å². The molecule has 1 aromatic carbocycles. The van der Waals surface area contributed by atoms with Gasteiger partial charge in [0.2, 0.25) is 0 Å². The van der Waals surface area contributed by atoms with E-state index in [1.165, 1.54) is 29.9 Å². The molecule has 0 N–H and O–H groups in total. The van der Waals surface area contributed by atoms with Crippen LogP contribution in [0.5, 0.6) is 0 Å². The molecule has 1 nitrogen and oxygen atoms in total. The maximum absolute atomic E-state index is 11.1. The topological polar surface area (TPSA) is 17.1 Å². The molecule has 0 radical (unpaired) electrons. The van der Waals surface area contributed by atoms with Crippen LogP contribution in [0, 0.1) is 0 Å². The number of carbonyl (C=O) groups excluding carboxylic acids is 1. The zero-order chi connectivity index (χ0) is 12.3. The molecule has 0 unspecified atom stereocenters. The van der Waals surface area contributed by atoms with Crippen LogP contribution in [0.3, 0.4) is 0 Å². The van der Waals surface area contributed by atoms with Gasteiger partial charge in [-0.1, -0.05) is 23.7 Å². The molecular formula is C14H17ClOS. The van der Waals surface area contributed by atoms with Gasteiger partial charge in [0.05, 0.1) is 0 Å². The van der Waals surface area contributed by atoms with Crippen LogP contribution in [0.25, 0.3) is 0 Å². The van der Waals surface area contributed by atoms with Gasteiger partial charge < -0.3 is 0 Å². The van der Waals surface area contributed by atoms with Gasteiger partial charge in [-0.25, -0.2) is 0 Å². The third-order valence-electron chi connectivity index (χ3n) is 3.18. The van der Waals surface area contributed by atoms with E-state index in [9.17, 15) is 4.79 Å². The third kappa shape index (κ3) is 3.49. The second kappa shape index (κ2) is 5.92. The summed E-state index contributed by atoms with van der Waals surface area (Å²) < 4.78 is 0. The summed E-state index contributed by atoms with van der Waals surface area (Å²) >= 11 is 8.35. The first-order valence-electron chi connectivity index (χ1n) is 6.02. The lowest BCUT2D eigenvalue weighted by Crippen LogP contribution is -2.08. The minimum atomic E-state index is 0.183. The second-order valence-corrected chi connectivity index (χ2v) is 6.25. The van der Waals surface area contributed by atoms with Crippen LogP contribution in [0.4, 0.5) is 0 Å². The van der Waals surface area contributed by atoms with Gasteiger partial charge in [-0.3, -0.25) is 4.79 Å². The molecule has 0 atom stereocenters. The van der Waals surface area contributed by atoms with E-state index in [0.29, 0.717) is 12.3 Å². The Morgan fingerprint density at radius 3 is 2.71 bits per heavy atom. The van der Waals surface area contributed by atoms with E-state index in [0.717, 1.165) is 10.6 Å². The molecule has 1 aromatic rings. The monoisotopic (exact) mass is 268 g/mol. The molecular weight excluding hydrogens is 252 g/mol. The molecule has 0 spiro atoms. The van der Waals surface area contributed by atoms with Crippen LogP contribution < -0.4 is 0 Å². The summed E-state index contributed by atoms with van der Waals surface area (Å²) in [7, 11) is 0. The molecule has 1 saturated heterocycles. The average Bonchev–Trinajstić information content (AvgIpc) is 2.29. The number of rotatable bonds is 3. The number of ketones is 1. The zero-order valence-corrected chi connectivity index (χ0v) is 11.6. The van der Waals surface area contributed by atoms with Gasteiger partial charge in [-0.2, -0.15) is 11.8 Å². The Bertz CT molecular complexity index is 411. The fourth-order valence-electron chi connectivity index (χ4n) is 2.31. The van der Waals surface area contributed by atoms with Crippen molar-refractivity contribution in [2.75, 3.05) is 11.5 Å². The normalized spacial score (nSPS) is 17.1. The largest absolute Gasteiger partial charge is 0.300 e. The molecule has 3 heteroatoms. The molecule has 0 aromatic heterocycles. The van der Waals surface area contributed by atoms with Crippen LogP contribution in [-0.4, -0.2) is 17.3 Å². The van der Waals surface area contributed by atoms with Crippen molar-refractivity contribution < 1.29 is 4.79 Å². The second-order valence-electron chi connectivity index (χ2n) is 4.62. The van der Waals surface area contributed by atoms with E-state index in [2.05, 4.69) is 6.07 Å². The Labute approximate surface area is 112 Å². The summed E-state index contributed by atoms with van der Waals surface area (Å²) in [5.41, 5.74) is 2.29. The zero-order valence-electron chi connectivity index (χ0n) is 10.0. The number of hydrogen-bond donors (Lipinski definition) is 0. The molecule has 92 valence electrons. The van der Waals surface area contributed by atoms with Crippen molar-refractivity contribution in [2.45, 2.75) is 32.1 Å². The van der Waals surface area contributed by atoms with Crippen molar-refractivity contribution in [3.63, 3.8) is 0 Å². The summed E-state index contributed by atoms with van der Waals surface area (Å²) in [5, 5.41) is 0.834. The van der Waals surface area contributed by atoms with Crippen molar-refractivity contribution in [3.05, 3.63) is 34.3 Å². The highest BCUT2D eigenvalue weighted by atomic mass is 35.5. The highest BCUT2D eigenvalue weighted by Gasteiger charge is 2.18. The van der Waals surface area contributed by atoms with Crippen molar-refractivity contribution in [1.29, 1.82) is 0 Å². The molecule has 0 amide bonds. The first kappa shape index (κ1) is 13.0. The SMILES string of the molecule is CC(=O)Cc1ccc(C2CCSCC2)c(Cl)c1. The highest BCUT2D eigenvalue weighted by Crippen LogP contribution is 2.35. The summed E-state index contributed by atoms with van der Waals surface area (Å²) in [6.45, 7) is 1.61. The van der Waals surface area contributed by atoms with E-state index in [-0.39, 0.29) is 5.78 Å². The van der Waals surface area contributed by atoms with Crippen molar-refractivity contribution in [1.82, 2.24) is 0 Å². The van der Waals surface area contributed by atoms with Gasteiger partial charge in [0.15, 0.2) is 0 Å². The number of benzene rings is 1. The Morgan fingerprint density at radius 2 is 2.12 bits per heavy atom. The van der Waals surface area contributed by atoms with E-state index in [1.807, 2.05) is 23.9 Å². The van der Waals surface area contributed by atoms with Crippen LogP contribution in [0.15, 0.2) is 18.2 Å². The predicted octanol–water partition coefficient (Wildman–Crippen LogP) is 4.08. The molecule has 1 heterocycles. The van der Waals surface area contributed by atoms with Crippen molar-refractivity contribution in [2.24, 2.45) is 0 Å². The number of thioether (sulfide) groups is 1. The first-order chi connectivity index (χ1) is 8.16. The van der Waals surface area contributed by atoms with Crippen LogP contribution >= 0.6 is 23.4 Å². The van der Waals surface area contributed by atoms with Gasteiger partial charge in [0.1, 0.15) is 5.78 Å². The molecule has 0 bridgehead atoms. The highest BCUT2D eigenvalue weighted by molar-refractivity contribution is 7.99. The van der Waals surface area contributed by atoms with Crippen LogP contribution in [0.1, 0.15) is 36.8 Å². The lowest BCUT2D eigenvalue weighted by atomic mass is 9.92. The van der Waals surface area contributed by atoms with Gasteiger partial charge in [0, 0.05) is 11.4 Å². The molecule has 17 heavy (non-hydrogen) atoms. The van der Waals surface area contributed by atoms with E-state index in [1.54, 1.807) is 6.92 Å². The standard InChI is InChI=1S/C14H17ClOS/c1-10(16)8-11-2-3-13(14(15)9-11)12-4-6-17-7-5-12/h2-3,9,12H,4-8H2,1H3. The van der Waals surface area contributed by atoms with Gasteiger partial charge in [-0.15, -0.1) is 0 Å².